The minimum atomic E-state index is -3.94. The van der Waals surface area contributed by atoms with Crippen LogP contribution < -0.4 is 9.62 Å². The molecule has 4 saturated carbocycles. The summed E-state index contributed by atoms with van der Waals surface area (Å²) < 4.78 is 28.5. The minimum Gasteiger partial charge on any atom is -0.325 e. The molecule has 0 heterocycles. The van der Waals surface area contributed by atoms with E-state index in [9.17, 15) is 13.2 Å². The molecule has 198 valence electrons. The normalized spacial score (nSPS) is 25.8. The molecule has 0 aromatic heterocycles. The van der Waals surface area contributed by atoms with E-state index in [1.165, 1.54) is 48.4 Å². The summed E-state index contributed by atoms with van der Waals surface area (Å²) in [6.45, 7) is 3.53. The van der Waals surface area contributed by atoms with Crippen molar-refractivity contribution in [2.45, 2.75) is 62.7 Å². The predicted octanol–water partition coefficient (Wildman–Crippen LogP) is 6.61. The topological polar surface area (TPSA) is 66.5 Å². The Morgan fingerprint density at radius 1 is 0.868 bits per heavy atom. The zero-order chi connectivity index (χ0) is 26.5. The molecule has 4 bridgehead atoms. The first-order valence-electron chi connectivity index (χ1n) is 13.8. The van der Waals surface area contributed by atoms with Gasteiger partial charge in [0.25, 0.3) is 10.0 Å². The monoisotopic (exact) mass is 528 g/mol. The lowest BCUT2D eigenvalue weighted by atomic mass is 9.48. The number of anilines is 2. The van der Waals surface area contributed by atoms with Crippen molar-refractivity contribution in [3.8, 4) is 0 Å². The van der Waals surface area contributed by atoms with Crippen LogP contribution in [0.2, 0.25) is 0 Å². The fraction of sp³-hybridized carbons (Fsp3) is 0.406. The number of aryl methyl sites for hydroxylation is 2. The molecule has 0 aliphatic heterocycles. The molecule has 4 fully saturated rings. The van der Waals surface area contributed by atoms with Gasteiger partial charge in [-0.15, -0.1) is 0 Å². The van der Waals surface area contributed by atoms with Crippen molar-refractivity contribution in [3.63, 3.8) is 0 Å². The van der Waals surface area contributed by atoms with Gasteiger partial charge in [-0.25, -0.2) is 8.42 Å². The fourth-order valence-corrected chi connectivity index (χ4v) is 9.31. The van der Waals surface area contributed by atoms with Gasteiger partial charge in [-0.05, 0) is 117 Å². The number of hydrogen-bond donors (Lipinski definition) is 1. The van der Waals surface area contributed by atoms with Crippen molar-refractivity contribution >= 4 is 27.3 Å². The Morgan fingerprint density at radius 2 is 1.47 bits per heavy atom. The highest BCUT2D eigenvalue weighted by atomic mass is 32.2. The zero-order valence-electron chi connectivity index (χ0n) is 22.2. The van der Waals surface area contributed by atoms with Gasteiger partial charge in [0.15, 0.2) is 0 Å². The average Bonchev–Trinajstić information content (AvgIpc) is 2.88. The smallest absolute Gasteiger partial charge is 0.264 e. The highest BCUT2D eigenvalue weighted by Crippen LogP contribution is 2.60. The number of benzene rings is 3. The van der Waals surface area contributed by atoms with Crippen LogP contribution in [-0.2, 0) is 20.2 Å². The molecule has 0 saturated heterocycles. The highest BCUT2D eigenvalue weighted by molar-refractivity contribution is 7.92. The van der Waals surface area contributed by atoms with Gasteiger partial charge in [0.05, 0.1) is 10.6 Å². The van der Waals surface area contributed by atoms with Crippen molar-refractivity contribution in [1.29, 1.82) is 0 Å². The lowest BCUT2D eigenvalue weighted by Crippen LogP contribution is -2.48. The van der Waals surface area contributed by atoms with Crippen LogP contribution in [-0.4, -0.2) is 20.9 Å². The van der Waals surface area contributed by atoms with Crippen LogP contribution >= 0.6 is 0 Å². The van der Waals surface area contributed by atoms with Gasteiger partial charge in [-0.2, -0.15) is 0 Å². The van der Waals surface area contributed by atoms with Gasteiger partial charge in [0.2, 0.25) is 5.91 Å². The van der Waals surface area contributed by atoms with E-state index in [4.69, 9.17) is 0 Å². The number of carbonyl (C=O) groups excluding carboxylic acids is 1. The summed E-state index contributed by atoms with van der Waals surface area (Å²) in [5.41, 5.74) is 4.75. The molecule has 3 aromatic carbocycles. The first-order chi connectivity index (χ1) is 18.2. The van der Waals surface area contributed by atoms with E-state index in [1.807, 2.05) is 38.1 Å². The van der Waals surface area contributed by atoms with Gasteiger partial charge in [0, 0.05) is 5.69 Å². The lowest BCUT2D eigenvalue weighted by molar-refractivity contribution is -0.114. The number of nitrogens with one attached hydrogen (secondary N) is 1. The second kappa shape index (κ2) is 9.57. The van der Waals surface area contributed by atoms with Crippen LogP contribution in [0.4, 0.5) is 11.4 Å². The lowest BCUT2D eigenvalue weighted by Gasteiger charge is -2.57. The van der Waals surface area contributed by atoms with E-state index < -0.39 is 10.0 Å². The van der Waals surface area contributed by atoms with E-state index in [0.717, 1.165) is 28.9 Å². The second-order valence-corrected chi connectivity index (χ2v) is 13.8. The molecule has 6 heteroatoms. The van der Waals surface area contributed by atoms with Crippen molar-refractivity contribution in [1.82, 2.24) is 0 Å². The maximum Gasteiger partial charge on any atom is 0.264 e. The molecule has 5 nitrogen and oxygen atoms in total. The van der Waals surface area contributed by atoms with E-state index >= 15 is 0 Å². The highest BCUT2D eigenvalue weighted by Gasteiger charge is 2.51. The maximum absolute atomic E-state index is 13.7. The molecule has 0 atom stereocenters. The summed E-state index contributed by atoms with van der Waals surface area (Å²) >= 11 is 0. The molecular formula is C32H36N2O3S. The van der Waals surface area contributed by atoms with Crippen molar-refractivity contribution in [3.05, 3.63) is 89.5 Å². The summed E-state index contributed by atoms with van der Waals surface area (Å²) in [6.07, 6.45) is 8.13. The second-order valence-electron chi connectivity index (χ2n) is 11.9. The summed E-state index contributed by atoms with van der Waals surface area (Å²) in [7, 11) is -3.94. The predicted molar refractivity (Wildman–Crippen MR) is 152 cm³/mol. The Labute approximate surface area is 226 Å². The van der Waals surface area contributed by atoms with Gasteiger partial charge < -0.3 is 5.32 Å². The molecule has 4 aliphatic carbocycles. The third kappa shape index (κ3) is 4.64. The standard InChI is InChI=1S/C32H36N2O3S/c1-22-8-13-30(23(2)14-22)34(38(36,37)29-6-4-3-5-7-29)21-31(35)33-28-11-9-27(10-12-28)32-18-24-15-25(19-32)17-26(16-24)20-32/h3-14,24-26H,15-21H2,1-2H3,(H,33,35). The molecule has 1 amide bonds. The van der Waals surface area contributed by atoms with E-state index in [1.54, 1.807) is 36.4 Å². The Hall–Kier alpha value is -3.12. The van der Waals surface area contributed by atoms with Crippen molar-refractivity contribution in [2.24, 2.45) is 17.8 Å². The first-order valence-corrected chi connectivity index (χ1v) is 15.2. The van der Waals surface area contributed by atoms with E-state index in [2.05, 4.69) is 17.4 Å². The third-order valence-electron chi connectivity index (χ3n) is 9.06. The molecule has 7 rings (SSSR count). The molecule has 4 aliphatic rings. The number of hydrogen-bond acceptors (Lipinski definition) is 3. The van der Waals surface area contributed by atoms with Crippen molar-refractivity contribution in [2.75, 3.05) is 16.2 Å². The maximum atomic E-state index is 13.7. The van der Waals surface area contributed by atoms with Crippen LogP contribution in [0.25, 0.3) is 0 Å². The Morgan fingerprint density at radius 3 is 2.05 bits per heavy atom. The Balaban J connectivity index is 1.22. The van der Waals surface area contributed by atoms with Crippen LogP contribution in [0.3, 0.4) is 0 Å². The number of rotatable bonds is 7. The number of amides is 1. The molecule has 0 spiro atoms. The van der Waals surface area contributed by atoms with Crippen LogP contribution in [0.15, 0.2) is 77.7 Å². The van der Waals surface area contributed by atoms with Gasteiger partial charge >= 0.3 is 0 Å². The summed E-state index contributed by atoms with van der Waals surface area (Å²) in [5.74, 6) is 2.27. The molecular weight excluding hydrogens is 492 g/mol. The average molecular weight is 529 g/mol. The first kappa shape index (κ1) is 25.2. The number of nitrogens with zero attached hydrogens (tertiary/aromatic N) is 1. The summed E-state index contributed by atoms with van der Waals surface area (Å²) in [5, 5.41) is 2.95. The molecule has 3 aromatic rings. The van der Waals surface area contributed by atoms with Crippen molar-refractivity contribution < 1.29 is 13.2 Å². The van der Waals surface area contributed by atoms with Crippen LogP contribution in [0, 0.1) is 31.6 Å². The minimum absolute atomic E-state index is 0.160. The van der Waals surface area contributed by atoms with Crippen LogP contribution in [0.5, 0.6) is 0 Å². The van der Waals surface area contributed by atoms with Gasteiger partial charge in [0.1, 0.15) is 6.54 Å². The van der Waals surface area contributed by atoms with Crippen LogP contribution in [0.1, 0.15) is 55.2 Å². The molecule has 0 radical (unpaired) electrons. The molecule has 38 heavy (non-hydrogen) atoms. The summed E-state index contributed by atoms with van der Waals surface area (Å²) in [4.78, 5) is 13.4. The fourth-order valence-electron chi connectivity index (χ4n) is 7.81. The van der Waals surface area contributed by atoms with Gasteiger partial charge in [-0.1, -0.05) is 48.0 Å². The molecule has 1 N–H and O–H groups in total. The zero-order valence-corrected chi connectivity index (χ0v) is 23.0. The SMILES string of the molecule is Cc1ccc(N(CC(=O)Nc2ccc(C34CC5CC(CC(C5)C3)C4)cc2)S(=O)(=O)c2ccccc2)c(C)c1. The molecule has 0 unspecified atom stereocenters. The van der Waals surface area contributed by atoms with Gasteiger partial charge in [-0.3, -0.25) is 9.10 Å². The largest absolute Gasteiger partial charge is 0.325 e. The third-order valence-corrected chi connectivity index (χ3v) is 10.8. The number of carbonyl (C=O) groups is 1. The van der Waals surface area contributed by atoms with E-state index in [0.29, 0.717) is 16.8 Å². The number of sulfonamides is 1. The Bertz CT molecular complexity index is 1410. The Kier molecular flexibility index (Phi) is 6.34. The van der Waals surface area contributed by atoms with E-state index in [-0.39, 0.29) is 17.3 Å². The quantitative estimate of drug-likeness (QED) is 0.375. The summed E-state index contributed by atoms with van der Waals surface area (Å²) in [6, 6.07) is 22.2.